The van der Waals surface area contributed by atoms with Crippen LogP contribution in [-0.4, -0.2) is 23.7 Å². The summed E-state index contributed by atoms with van der Waals surface area (Å²) in [6, 6.07) is 0. The molecule has 0 radical (unpaired) electrons. The van der Waals surface area contributed by atoms with Gasteiger partial charge in [0.15, 0.2) is 0 Å². The second-order valence-electron chi connectivity index (χ2n) is 2.04. The molecule has 1 aliphatic rings. The monoisotopic (exact) mass is 292 g/mol. The number of phosphoric acid groups is 1. The third kappa shape index (κ3) is 2.66. The largest absolute Gasteiger partial charge is 0.475 e. The molecule has 11 heavy (non-hydrogen) atoms. The first-order valence-electron chi connectivity index (χ1n) is 3.33. The van der Waals surface area contributed by atoms with Crippen LogP contribution < -0.4 is 0 Å². The summed E-state index contributed by atoms with van der Waals surface area (Å²) in [6.07, 6.45) is -0.0759. The van der Waals surface area contributed by atoms with Crippen LogP contribution in [0.5, 0.6) is 0 Å². The Morgan fingerprint density at radius 1 is 1.82 bits per heavy atom. The van der Waals surface area contributed by atoms with Crippen LogP contribution in [0.1, 0.15) is 6.92 Å². The molecular formula is C5H10IO4P. The van der Waals surface area contributed by atoms with Gasteiger partial charge >= 0.3 is 7.82 Å². The molecular weight excluding hydrogens is 282 g/mol. The number of halogens is 1. The van der Waals surface area contributed by atoms with E-state index in [1.807, 2.05) is 0 Å². The minimum absolute atomic E-state index is 0.0759. The Labute approximate surface area is 79.3 Å². The Balaban J connectivity index is 2.44. The topological polar surface area (TPSA) is 44.8 Å². The van der Waals surface area contributed by atoms with Crippen LogP contribution >= 0.6 is 30.4 Å². The lowest BCUT2D eigenvalue weighted by Gasteiger charge is -2.07. The van der Waals surface area contributed by atoms with Crippen molar-refractivity contribution in [3.05, 3.63) is 0 Å². The van der Waals surface area contributed by atoms with Crippen LogP contribution in [0.3, 0.4) is 0 Å². The SMILES string of the molecule is CCOP1(=O)OCC(CI)O1. The van der Waals surface area contributed by atoms with Crippen molar-refractivity contribution in [2.24, 2.45) is 0 Å². The number of phosphoric ester groups is 1. The summed E-state index contributed by atoms with van der Waals surface area (Å²) in [5.74, 6) is 0. The first-order chi connectivity index (χ1) is 5.20. The maximum atomic E-state index is 11.3. The molecule has 0 aromatic rings. The zero-order valence-corrected chi connectivity index (χ0v) is 9.21. The Morgan fingerprint density at radius 2 is 2.55 bits per heavy atom. The summed E-state index contributed by atoms with van der Waals surface area (Å²) in [6.45, 7) is 2.48. The highest BCUT2D eigenvalue weighted by atomic mass is 127. The van der Waals surface area contributed by atoms with Gasteiger partial charge < -0.3 is 0 Å². The van der Waals surface area contributed by atoms with E-state index in [1.165, 1.54) is 0 Å². The average molecular weight is 292 g/mol. The van der Waals surface area contributed by atoms with Crippen LogP contribution in [-0.2, 0) is 18.1 Å². The predicted molar refractivity (Wildman–Crippen MR) is 48.9 cm³/mol. The molecule has 1 aliphatic heterocycles. The molecule has 0 aromatic heterocycles. The van der Waals surface area contributed by atoms with Gasteiger partial charge in [-0.05, 0) is 6.92 Å². The number of alkyl halides is 1. The van der Waals surface area contributed by atoms with Crippen LogP contribution in [0.4, 0.5) is 0 Å². The normalized spacial score (nSPS) is 37.8. The molecule has 0 aromatic carbocycles. The van der Waals surface area contributed by atoms with Gasteiger partial charge in [0.25, 0.3) is 0 Å². The lowest BCUT2D eigenvalue weighted by Crippen LogP contribution is -2.09. The molecule has 1 fully saturated rings. The number of hydrogen-bond acceptors (Lipinski definition) is 4. The van der Waals surface area contributed by atoms with Gasteiger partial charge in [-0.2, -0.15) is 0 Å². The smallest absolute Gasteiger partial charge is 0.287 e. The molecule has 1 heterocycles. The molecule has 2 atom stereocenters. The van der Waals surface area contributed by atoms with Crippen molar-refractivity contribution in [1.82, 2.24) is 0 Å². The second-order valence-corrected chi connectivity index (χ2v) is 4.54. The van der Waals surface area contributed by atoms with E-state index in [0.29, 0.717) is 13.2 Å². The van der Waals surface area contributed by atoms with Crippen molar-refractivity contribution in [3.63, 3.8) is 0 Å². The minimum atomic E-state index is -3.15. The minimum Gasteiger partial charge on any atom is -0.287 e. The maximum absolute atomic E-state index is 11.3. The van der Waals surface area contributed by atoms with Crippen LogP contribution in [0.2, 0.25) is 0 Å². The molecule has 0 saturated carbocycles. The fraction of sp³-hybridized carbons (Fsp3) is 1.00. The summed E-state index contributed by atoms with van der Waals surface area (Å²) in [5.41, 5.74) is 0. The average Bonchev–Trinajstić information content (AvgIpc) is 2.33. The quantitative estimate of drug-likeness (QED) is 0.453. The lowest BCUT2D eigenvalue weighted by atomic mass is 10.5. The van der Waals surface area contributed by atoms with E-state index in [0.717, 1.165) is 4.43 Å². The van der Waals surface area contributed by atoms with Gasteiger partial charge in [0, 0.05) is 4.43 Å². The van der Waals surface area contributed by atoms with E-state index in [9.17, 15) is 4.57 Å². The van der Waals surface area contributed by atoms with E-state index < -0.39 is 7.82 Å². The zero-order valence-electron chi connectivity index (χ0n) is 6.16. The Morgan fingerprint density at radius 3 is 3.00 bits per heavy atom. The highest BCUT2D eigenvalue weighted by molar-refractivity contribution is 14.1. The van der Waals surface area contributed by atoms with Gasteiger partial charge in [0.05, 0.1) is 13.2 Å². The van der Waals surface area contributed by atoms with Crippen LogP contribution in [0.25, 0.3) is 0 Å². The van der Waals surface area contributed by atoms with Crippen LogP contribution in [0, 0.1) is 0 Å². The summed E-state index contributed by atoms with van der Waals surface area (Å²) in [4.78, 5) is 0. The molecule has 0 aliphatic carbocycles. The van der Waals surface area contributed by atoms with Crippen molar-refractivity contribution in [2.45, 2.75) is 13.0 Å². The van der Waals surface area contributed by atoms with E-state index >= 15 is 0 Å². The molecule has 4 nitrogen and oxygen atoms in total. The first kappa shape index (κ1) is 9.92. The zero-order chi connectivity index (χ0) is 8.32. The van der Waals surface area contributed by atoms with Gasteiger partial charge in [-0.3, -0.25) is 13.6 Å². The summed E-state index contributed by atoms with van der Waals surface area (Å²) < 4.78 is 26.8. The fourth-order valence-electron chi connectivity index (χ4n) is 0.716. The van der Waals surface area contributed by atoms with E-state index in [2.05, 4.69) is 22.6 Å². The molecule has 0 spiro atoms. The predicted octanol–water partition coefficient (Wildman–Crippen LogP) is 1.98. The Bertz CT molecular complexity index is 174. The molecule has 2 unspecified atom stereocenters. The Hall–Kier alpha value is 0.840. The van der Waals surface area contributed by atoms with Crippen molar-refractivity contribution in [1.29, 1.82) is 0 Å². The molecule has 1 rings (SSSR count). The van der Waals surface area contributed by atoms with E-state index in [-0.39, 0.29) is 6.10 Å². The molecule has 0 N–H and O–H groups in total. The summed E-state index contributed by atoms with van der Waals surface area (Å²) in [5, 5.41) is 0. The fourth-order valence-corrected chi connectivity index (χ4v) is 2.80. The van der Waals surface area contributed by atoms with Crippen molar-refractivity contribution in [3.8, 4) is 0 Å². The van der Waals surface area contributed by atoms with E-state index in [1.54, 1.807) is 6.92 Å². The van der Waals surface area contributed by atoms with Gasteiger partial charge in [-0.1, -0.05) is 22.6 Å². The van der Waals surface area contributed by atoms with Gasteiger partial charge in [0.2, 0.25) is 0 Å². The highest BCUT2D eigenvalue weighted by Crippen LogP contribution is 2.54. The highest BCUT2D eigenvalue weighted by Gasteiger charge is 2.37. The van der Waals surface area contributed by atoms with Gasteiger partial charge in [-0.15, -0.1) is 0 Å². The molecule has 0 amide bonds. The van der Waals surface area contributed by atoms with Crippen LogP contribution in [0.15, 0.2) is 0 Å². The van der Waals surface area contributed by atoms with Gasteiger partial charge in [0.1, 0.15) is 6.10 Å². The Kier molecular flexibility index (Phi) is 3.77. The lowest BCUT2D eigenvalue weighted by molar-refractivity contribution is 0.187. The molecule has 66 valence electrons. The van der Waals surface area contributed by atoms with Crippen molar-refractivity contribution >= 4 is 30.4 Å². The summed E-state index contributed by atoms with van der Waals surface area (Å²) >= 11 is 2.15. The first-order valence-corrected chi connectivity index (χ1v) is 6.32. The maximum Gasteiger partial charge on any atom is 0.475 e. The number of hydrogen-bond donors (Lipinski definition) is 0. The van der Waals surface area contributed by atoms with Crippen molar-refractivity contribution < 1.29 is 18.1 Å². The third-order valence-electron chi connectivity index (χ3n) is 1.16. The third-order valence-corrected chi connectivity index (χ3v) is 3.73. The second kappa shape index (κ2) is 4.18. The van der Waals surface area contributed by atoms with Crippen molar-refractivity contribution in [2.75, 3.05) is 17.6 Å². The standard InChI is InChI=1S/C5H10IO4P/c1-2-8-11(7)9-4-5(3-6)10-11/h5H,2-4H2,1H3. The summed E-state index contributed by atoms with van der Waals surface area (Å²) in [7, 11) is -3.15. The molecule has 0 bridgehead atoms. The van der Waals surface area contributed by atoms with Gasteiger partial charge in [-0.25, -0.2) is 4.57 Å². The molecule has 1 saturated heterocycles. The number of rotatable bonds is 3. The van der Waals surface area contributed by atoms with E-state index in [4.69, 9.17) is 13.6 Å². The molecule has 6 heteroatoms.